The Bertz CT molecular complexity index is 497. The lowest BCUT2D eigenvalue weighted by atomic mass is 10.1. The Morgan fingerprint density at radius 3 is 2.65 bits per heavy atom. The average Bonchev–Trinajstić information content (AvgIpc) is 2.35. The molecule has 0 amide bonds. The number of rotatable bonds is 3. The van der Waals surface area contributed by atoms with Crippen LogP contribution in [0.4, 0.5) is 5.82 Å². The van der Waals surface area contributed by atoms with Crippen LogP contribution in [0, 0.1) is 6.92 Å². The summed E-state index contributed by atoms with van der Waals surface area (Å²) in [6, 6.07) is 4.40. The highest BCUT2D eigenvalue weighted by Gasteiger charge is 2.14. The minimum atomic E-state index is 0.141. The fraction of sp³-hybridized carbons (Fsp3) is 0.588. The van der Waals surface area contributed by atoms with Crippen LogP contribution >= 0.6 is 0 Å². The number of anilines is 1. The Morgan fingerprint density at radius 1 is 1.25 bits per heavy atom. The molecule has 0 unspecified atom stereocenters. The number of pyridine rings is 1. The van der Waals surface area contributed by atoms with Gasteiger partial charge in [0.1, 0.15) is 5.82 Å². The number of hydrogen-bond donors (Lipinski definition) is 1. The highest BCUT2D eigenvalue weighted by molar-refractivity contribution is 5.45. The van der Waals surface area contributed by atoms with Crippen molar-refractivity contribution in [3.05, 3.63) is 35.0 Å². The molecule has 3 nitrogen and oxygen atoms in total. The van der Waals surface area contributed by atoms with Crippen molar-refractivity contribution in [1.29, 1.82) is 0 Å². The van der Waals surface area contributed by atoms with Gasteiger partial charge < -0.3 is 10.2 Å². The fourth-order valence-corrected chi connectivity index (χ4v) is 2.46. The van der Waals surface area contributed by atoms with Crippen molar-refractivity contribution >= 4 is 5.82 Å². The van der Waals surface area contributed by atoms with Crippen LogP contribution in [0.3, 0.4) is 0 Å². The van der Waals surface area contributed by atoms with E-state index in [1.807, 2.05) is 0 Å². The molecule has 1 aliphatic heterocycles. The van der Waals surface area contributed by atoms with Gasteiger partial charge in [-0.15, -0.1) is 0 Å². The van der Waals surface area contributed by atoms with Crippen LogP contribution in [0.2, 0.25) is 0 Å². The molecule has 2 heterocycles. The van der Waals surface area contributed by atoms with Crippen molar-refractivity contribution in [2.75, 3.05) is 18.0 Å². The largest absolute Gasteiger partial charge is 0.352 e. The van der Waals surface area contributed by atoms with Crippen LogP contribution < -0.4 is 10.2 Å². The third-order valence-electron chi connectivity index (χ3n) is 3.48. The van der Waals surface area contributed by atoms with Crippen LogP contribution in [0.15, 0.2) is 23.8 Å². The molecule has 0 fully saturated rings. The maximum Gasteiger partial charge on any atom is 0.129 e. The molecule has 1 aromatic rings. The Labute approximate surface area is 123 Å². The van der Waals surface area contributed by atoms with Gasteiger partial charge in [0.15, 0.2) is 0 Å². The van der Waals surface area contributed by atoms with Crippen LogP contribution in [-0.2, 0) is 6.54 Å². The zero-order valence-corrected chi connectivity index (χ0v) is 13.5. The van der Waals surface area contributed by atoms with Crippen LogP contribution in [0.25, 0.3) is 0 Å². The SMILES string of the molecule is CC1=CCCN(c2cc(CNC(C)(C)C)cc(C)n2)C1. The maximum atomic E-state index is 4.71. The second kappa shape index (κ2) is 5.96. The van der Waals surface area contributed by atoms with Gasteiger partial charge in [0.2, 0.25) is 0 Å². The number of nitrogens with zero attached hydrogens (tertiary/aromatic N) is 2. The molecule has 0 bridgehead atoms. The lowest BCUT2D eigenvalue weighted by Gasteiger charge is -2.28. The summed E-state index contributed by atoms with van der Waals surface area (Å²) in [4.78, 5) is 7.09. The molecule has 1 aliphatic rings. The van der Waals surface area contributed by atoms with E-state index in [1.165, 1.54) is 11.1 Å². The molecule has 2 rings (SSSR count). The summed E-state index contributed by atoms with van der Waals surface area (Å²) in [5.41, 5.74) is 3.99. The summed E-state index contributed by atoms with van der Waals surface area (Å²) in [5, 5.41) is 3.55. The predicted octanol–water partition coefficient (Wildman–Crippen LogP) is 3.43. The van der Waals surface area contributed by atoms with Crippen molar-refractivity contribution in [2.45, 2.75) is 53.1 Å². The molecular formula is C17H27N3. The number of nitrogens with one attached hydrogen (secondary N) is 1. The van der Waals surface area contributed by atoms with E-state index in [1.54, 1.807) is 0 Å². The maximum absolute atomic E-state index is 4.71. The monoisotopic (exact) mass is 273 g/mol. The van der Waals surface area contributed by atoms with E-state index >= 15 is 0 Å². The summed E-state index contributed by atoms with van der Waals surface area (Å²) in [6.45, 7) is 13.8. The van der Waals surface area contributed by atoms with Crippen molar-refractivity contribution < 1.29 is 0 Å². The van der Waals surface area contributed by atoms with E-state index in [-0.39, 0.29) is 5.54 Å². The molecule has 110 valence electrons. The third-order valence-corrected chi connectivity index (χ3v) is 3.48. The number of aryl methyl sites for hydroxylation is 1. The summed E-state index contributed by atoms with van der Waals surface area (Å²) in [5.74, 6) is 1.11. The van der Waals surface area contributed by atoms with Crippen molar-refractivity contribution in [3.63, 3.8) is 0 Å². The lowest BCUT2D eigenvalue weighted by molar-refractivity contribution is 0.424. The smallest absolute Gasteiger partial charge is 0.129 e. The normalized spacial score (nSPS) is 16.2. The van der Waals surface area contributed by atoms with Gasteiger partial charge >= 0.3 is 0 Å². The van der Waals surface area contributed by atoms with Crippen molar-refractivity contribution in [1.82, 2.24) is 10.3 Å². The van der Waals surface area contributed by atoms with Gasteiger partial charge in [-0.25, -0.2) is 4.98 Å². The van der Waals surface area contributed by atoms with Gasteiger partial charge in [0.05, 0.1) is 0 Å². The van der Waals surface area contributed by atoms with Crippen molar-refractivity contribution in [3.8, 4) is 0 Å². The molecule has 1 aromatic heterocycles. The standard InChI is InChI=1S/C17H27N3/c1-13-7-6-8-20(12-13)16-10-15(9-14(2)19-16)11-18-17(3,4)5/h7,9-10,18H,6,8,11-12H2,1-5H3. The Morgan fingerprint density at radius 2 is 2.00 bits per heavy atom. The zero-order valence-electron chi connectivity index (χ0n) is 13.5. The van der Waals surface area contributed by atoms with E-state index in [9.17, 15) is 0 Å². The lowest BCUT2D eigenvalue weighted by Crippen LogP contribution is -2.35. The van der Waals surface area contributed by atoms with Gasteiger partial charge in [-0.1, -0.05) is 11.6 Å². The van der Waals surface area contributed by atoms with Crippen LogP contribution in [0.1, 0.15) is 45.4 Å². The van der Waals surface area contributed by atoms with E-state index in [0.717, 1.165) is 37.6 Å². The molecule has 0 atom stereocenters. The molecule has 0 spiro atoms. The summed E-state index contributed by atoms with van der Waals surface area (Å²) in [6.07, 6.45) is 3.45. The summed E-state index contributed by atoms with van der Waals surface area (Å²) < 4.78 is 0. The summed E-state index contributed by atoms with van der Waals surface area (Å²) in [7, 11) is 0. The molecule has 0 radical (unpaired) electrons. The molecular weight excluding hydrogens is 246 g/mol. The minimum absolute atomic E-state index is 0.141. The van der Waals surface area contributed by atoms with Crippen molar-refractivity contribution in [2.24, 2.45) is 0 Å². The quantitative estimate of drug-likeness (QED) is 0.855. The topological polar surface area (TPSA) is 28.2 Å². The highest BCUT2D eigenvalue weighted by Crippen LogP contribution is 2.20. The molecule has 20 heavy (non-hydrogen) atoms. The first-order chi connectivity index (χ1) is 9.33. The molecule has 3 heteroatoms. The Balaban J connectivity index is 2.14. The predicted molar refractivity (Wildman–Crippen MR) is 86.2 cm³/mol. The van der Waals surface area contributed by atoms with Gasteiger partial charge in [0, 0.05) is 30.9 Å². The highest BCUT2D eigenvalue weighted by atomic mass is 15.2. The summed E-state index contributed by atoms with van der Waals surface area (Å²) >= 11 is 0. The van der Waals surface area contributed by atoms with Crippen LogP contribution in [0.5, 0.6) is 0 Å². The van der Waals surface area contributed by atoms with Gasteiger partial charge in [-0.2, -0.15) is 0 Å². The average molecular weight is 273 g/mol. The molecule has 1 N–H and O–H groups in total. The fourth-order valence-electron chi connectivity index (χ4n) is 2.46. The van der Waals surface area contributed by atoms with E-state index in [2.05, 4.69) is 63.0 Å². The molecule has 0 saturated heterocycles. The first-order valence-electron chi connectivity index (χ1n) is 7.47. The van der Waals surface area contributed by atoms with Gasteiger partial charge in [0.25, 0.3) is 0 Å². The van der Waals surface area contributed by atoms with E-state index in [4.69, 9.17) is 4.98 Å². The Hall–Kier alpha value is -1.35. The zero-order chi connectivity index (χ0) is 14.8. The number of hydrogen-bond acceptors (Lipinski definition) is 3. The molecule has 0 saturated carbocycles. The molecule has 0 aliphatic carbocycles. The van der Waals surface area contributed by atoms with Gasteiger partial charge in [-0.3, -0.25) is 0 Å². The first-order valence-corrected chi connectivity index (χ1v) is 7.47. The van der Waals surface area contributed by atoms with E-state index in [0.29, 0.717) is 0 Å². The minimum Gasteiger partial charge on any atom is -0.352 e. The third kappa shape index (κ3) is 4.34. The number of aromatic nitrogens is 1. The second-order valence-corrected chi connectivity index (χ2v) is 6.84. The second-order valence-electron chi connectivity index (χ2n) is 6.84. The molecule has 0 aromatic carbocycles. The van der Waals surface area contributed by atoms with Crippen LogP contribution in [-0.4, -0.2) is 23.6 Å². The first kappa shape index (κ1) is 15.0. The Kier molecular flexibility index (Phi) is 4.48. The van der Waals surface area contributed by atoms with E-state index < -0.39 is 0 Å². The van der Waals surface area contributed by atoms with Gasteiger partial charge in [-0.05, 0) is 58.7 Å².